The van der Waals surface area contributed by atoms with Gasteiger partial charge in [-0.1, -0.05) is 32.6 Å². The highest BCUT2D eigenvalue weighted by Gasteiger charge is 2.10. The molecule has 0 amide bonds. The zero-order valence-corrected chi connectivity index (χ0v) is 11.7. The highest BCUT2D eigenvalue weighted by molar-refractivity contribution is 4.58. The second kappa shape index (κ2) is 11.9. The highest BCUT2D eigenvalue weighted by atomic mass is 16.6. The van der Waals surface area contributed by atoms with Crippen LogP contribution < -0.4 is 0 Å². The minimum absolute atomic E-state index is 0.213. The largest absolute Gasteiger partial charge is 0.377 e. The molecule has 0 bridgehead atoms. The van der Waals surface area contributed by atoms with E-state index in [-0.39, 0.29) is 6.10 Å². The van der Waals surface area contributed by atoms with E-state index in [4.69, 9.17) is 18.9 Å². The lowest BCUT2D eigenvalue weighted by Crippen LogP contribution is -2.24. The van der Waals surface area contributed by atoms with Crippen LogP contribution >= 0.6 is 0 Å². The van der Waals surface area contributed by atoms with Gasteiger partial charge < -0.3 is 18.9 Å². The van der Waals surface area contributed by atoms with Gasteiger partial charge in [-0.05, 0) is 6.42 Å². The molecule has 1 rings (SSSR count). The molecule has 1 unspecified atom stereocenters. The van der Waals surface area contributed by atoms with Gasteiger partial charge in [-0.15, -0.1) is 0 Å². The van der Waals surface area contributed by atoms with Crippen LogP contribution in [0.5, 0.6) is 0 Å². The zero-order chi connectivity index (χ0) is 12.9. The maximum Gasteiger partial charge on any atom is 0.0809 e. The fourth-order valence-electron chi connectivity index (χ4n) is 1.94. The average molecular weight is 260 g/mol. The van der Waals surface area contributed by atoms with E-state index in [2.05, 4.69) is 6.92 Å². The van der Waals surface area contributed by atoms with Crippen molar-refractivity contribution in [1.29, 1.82) is 0 Å². The Morgan fingerprint density at radius 3 is 2.17 bits per heavy atom. The van der Waals surface area contributed by atoms with E-state index in [1.807, 2.05) is 0 Å². The predicted octanol–water partition coefficient (Wildman–Crippen LogP) is 2.41. The Hall–Kier alpha value is -0.160. The Bertz CT molecular complexity index is 160. The van der Waals surface area contributed by atoms with Crippen molar-refractivity contribution in [3.05, 3.63) is 0 Å². The van der Waals surface area contributed by atoms with Crippen LogP contribution in [-0.2, 0) is 18.9 Å². The third-order valence-electron chi connectivity index (χ3n) is 3.01. The highest BCUT2D eigenvalue weighted by Crippen LogP contribution is 2.09. The number of hydrogen-bond acceptors (Lipinski definition) is 4. The van der Waals surface area contributed by atoms with Gasteiger partial charge in [-0.25, -0.2) is 0 Å². The second-order valence-electron chi connectivity index (χ2n) is 4.64. The Kier molecular flexibility index (Phi) is 10.5. The minimum atomic E-state index is 0.213. The zero-order valence-electron chi connectivity index (χ0n) is 11.7. The van der Waals surface area contributed by atoms with E-state index >= 15 is 0 Å². The summed E-state index contributed by atoms with van der Waals surface area (Å²) in [5.41, 5.74) is 0. The predicted molar refractivity (Wildman–Crippen MR) is 71.0 cm³/mol. The number of ether oxygens (including phenoxy) is 4. The lowest BCUT2D eigenvalue weighted by atomic mass is 10.1. The fraction of sp³-hybridized carbons (Fsp3) is 1.00. The molecule has 0 aromatic rings. The molecule has 0 aliphatic carbocycles. The third kappa shape index (κ3) is 8.86. The summed E-state index contributed by atoms with van der Waals surface area (Å²) in [6.07, 6.45) is 6.39. The number of hydrogen-bond donors (Lipinski definition) is 0. The van der Waals surface area contributed by atoms with Gasteiger partial charge in [0.2, 0.25) is 0 Å². The maximum atomic E-state index is 5.80. The average Bonchev–Trinajstić information content (AvgIpc) is 2.37. The van der Waals surface area contributed by atoms with Gasteiger partial charge >= 0.3 is 0 Å². The molecule has 0 aromatic heterocycles. The van der Waals surface area contributed by atoms with Crippen molar-refractivity contribution >= 4 is 0 Å². The first-order chi connectivity index (χ1) is 8.93. The monoisotopic (exact) mass is 260 g/mol. The summed E-state index contributed by atoms with van der Waals surface area (Å²) in [7, 11) is 0. The molecule has 18 heavy (non-hydrogen) atoms. The van der Waals surface area contributed by atoms with Gasteiger partial charge in [0.25, 0.3) is 0 Å². The molecule has 4 heteroatoms. The van der Waals surface area contributed by atoms with Crippen LogP contribution in [0, 0.1) is 0 Å². The third-order valence-corrected chi connectivity index (χ3v) is 3.01. The second-order valence-corrected chi connectivity index (χ2v) is 4.64. The molecule has 0 saturated carbocycles. The molecule has 108 valence electrons. The lowest BCUT2D eigenvalue weighted by Gasteiger charge is -2.19. The maximum absolute atomic E-state index is 5.80. The van der Waals surface area contributed by atoms with E-state index in [0.717, 1.165) is 6.42 Å². The molecule has 1 aliphatic rings. The number of rotatable bonds is 5. The normalized spacial score (nSPS) is 24.2. The van der Waals surface area contributed by atoms with Crippen LogP contribution in [0.15, 0.2) is 0 Å². The van der Waals surface area contributed by atoms with E-state index in [9.17, 15) is 0 Å². The van der Waals surface area contributed by atoms with Gasteiger partial charge in [0.05, 0.1) is 52.4 Å². The molecule has 1 atom stereocenters. The van der Waals surface area contributed by atoms with Crippen molar-refractivity contribution in [2.45, 2.75) is 45.1 Å². The summed E-state index contributed by atoms with van der Waals surface area (Å²) >= 11 is 0. The van der Waals surface area contributed by atoms with Crippen molar-refractivity contribution in [3.63, 3.8) is 0 Å². The summed E-state index contributed by atoms with van der Waals surface area (Å²) in [5, 5.41) is 0. The van der Waals surface area contributed by atoms with Gasteiger partial charge in [0, 0.05) is 0 Å². The summed E-state index contributed by atoms with van der Waals surface area (Å²) in [6.45, 7) is 6.79. The van der Waals surface area contributed by atoms with Gasteiger partial charge in [0.1, 0.15) is 0 Å². The molecular formula is C14H28O4. The molecule has 1 heterocycles. The molecule has 1 fully saturated rings. The lowest BCUT2D eigenvalue weighted by molar-refractivity contribution is -0.0690. The van der Waals surface area contributed by atoms with Crippen LogP contribution in [0.1, 0.15) is 39.0 Å². The molecule has 1 saturated heterocycles. The molecule has 4 nitrogen and oxygen atoms in total. The molecule has 0 spiro atoms. The van der Waals surface area contributed by atoms with Gasteiger partial charge in [-0.3, -0.25) is 0 Å². The Labute approximate surface area is 111 Å². The summed E-state index contributed by atoms with van der Waals surface area (Å²) in [6, 6.07) is 0. The van der Waals surface area contributed by atoms with Crippen LogP contribution in [0.4, 0.5) is 0 Å². The number of unbranched alkanes of at least 4 members (excludes halogenated alkanes) is 3. The molecule has 0 aromatic carbocycles. The van der Waals surface area contributed by atoms with Crippen LogP contribution in [0.2, 0.25) is 0 Å². The summed E-state index contributed by atoms with van der Waals surface area (Å²) in [4.78, 5) is 0. The minimum Gasteiger partial charge on any atom is -0.377 e. The topological polar surface area (TPSA) is 36.9 Å². The molecular weight excluding hydrogens is 232 g/mol. The molecule has 0 N–H and O–H groups in total. The van der Waals surface area contributed by atoms with Crippen LogP contribution in [0.3, 0.4) is 0 Å². The molecule has 1 aliphatic heterocycles. The van der Waals surface area contributed by atoms with E-state index in [1.54, 1.807) is 0 Å². The summed E-state index contributed by atoms with van der Waals surface area (Å²) in [5.74, 6) is 0. The van der Waals surface area contributed by atoms with Crippen molar-refractivity contribution in [2.24, 2.45) is 0 Å². The first-order valence-electron chi connectivity index (χ1n) is 7.28. The fourth-order valence-corrected chi connectivity index (χ4v) is 1.94. The van der Waals surface area contributed by atoms with Gasteiger partial charge in [-0.2, -0.15) is 0 Å². The Balaban J connectivity index is 2.14. The standard InChI is InChI=1S/C14H28O4/c1-2-3-4-5-6-14-13-17-10-9-15-7-8-16-11-12-18-14/h14H,2-13H2,1H3. The smallest absolute Gasteiger partial charge is 0.0809 e. The first kappa shape index (κ1) is 15.9. The SMILES string of the molecule is CCCCCCC1COCCOCCOCCO1. The van der Waals surface area contributed by atoms with Crippen molar-refractivity contribution < 1.29 is 18.9 Å². The quantitative estimate of drug-likeness (QED) is 0.711. The van der Waals surface area contributed by atoms with Crippen molar-refractivity contribution in [2.75, 3.05) is 46.2 Å². The van der Waals surface area contributed by atoms with Crippen LogP contribution in [0.25, 0.3) is 0 Å². The van der Waals surface area contributed by atoms with E-state index in [0.29, 0.717) is 46.2 Å². The molecule has 0 radical (unpaired) electrons. The van der Waals surface area contributed by atoms with Gasteiger partial charge in [0.15, 0.2) is 0 Å². The van der Waals surface area contributed by atoms with E-state index in [1.165, 1.54) is 25.7 Å². The summed E-state index contributed by atoms with van der Waals surface area (Å²) < 4.78 is 22.2. The van der Waals surface area contributed by atoms with Crippen LogP contribution in [-0.4, -0.2) is 52.4 Å². The Morgan fingerprint density at radius 2 is 1.44 bits per heavy atom. The van der Waals surface area contributed by atoms with Crippen molar-refractivity contribution in [3.8, 4) is 0 Å². The van der Waals surface area contributed by atoms with Crippen molar-refractivity contribution in [1.82, 2.24) is 0 Å². The first-order valence-corrected chi connectivity index (χ1v) is 7.28. The Morgan fingerprint density at radius 1 is 0.778 bits per heavy atom. The van der Waals surface area contributed by atoms with E-state index < -0.39 is 0 Å².